The van der Waals surface area contributed by atoms with Gasteiger partial charge in [-0.05, 0) is 42.8 Å². The number of rotatable bonds is 10. The van der Waals surface area contributed by atoms with E-state index in [4.69, 9.17) is 14.2 Å². The van der Waals surface area contributed by atoms with Gasteiger partial charge < -0.3 is 19.5 Å². The van der Waals surface area contributed by atoms with Crippen LogP contribution in [0.25, 0.3) is 0 Å². The molecule has 1 atom stereocenters. The van der Waals surface area contributed by atoms with Gasteiger partial charge in [0.15, 0.2) is 11.5 Å². The molecule has 2 rings (SSSR count). The molecule has 4 nitrogen and oxygen atoms in total. The lowest BCUT2D eigenvalue weighted by atomic mass is 10.1. The summed E-state index contributed by atoms with van der Waals surface area (Å²) in [6.07, 6.45) is 2.23. The normalized spacial score (nSPS) is 14.4. The molecule has 1 unspecified atom stereocenters. The van der Waals surface area contributed by atoms with E-state index in [-0.39, 0.29) is 0 Å². The summed E-state index contributed by atoms with van der Waals surface area (Å²) in [7, 11) is 1.75. The Morgan fingerprint density at radius 3 is 3.00 bits per heavy atom. The van der Waals surface area contributed by atoms with E-state index in [0.29, 0.717) is 12.8 Å². The van der Waals surface area contributed by atoms with Crippen LogP contribution in [0, 0.1) is 0 Å². The molecular weight excluding hydrogens is 286 g/mol. The van der Waals surface area contributed by atoms with E-state index >= 15 is 0 Å². The summed E-state index contributed by atoms with van der Waals surface area (Å²) in [5.41, 5.74) is 1.27. The van der Waals surface area contributed by atoms with Crippen LogP contribution >= 0.6 is 11.8 Å². The Kier molecular flexibility index (Phi) is 7.19. The van der Waals surface area contributed by atoms with Gasteiger partial charge in [0, 0.05) is 25.5 Å². The molecule has 0 radical (unpaired) electrons. The lowest BCUT2D eigenvalue weighted by molar-refractivity contribution is 0.174. The lowest BCUT2D eigenvalue weighted by Gasteiger charge is -2.19. The van der Waals surface area contributed by atoms with Crippen LogP contribution in [0.3, 0.4) is 0 Å². The van der Waals surface area contributed by atoms with Crippen LogP contribution in [0.15, 0.2) is 18.2 Å². The average Bonchev–Trinajstić information content (AvgIpc) is 2.97. The molecule has 0 aromatic heterocycles. The molecule has 118 valence electrons. The van der Waals surface area contributed by atoms with E-state index in [9.17, 15) is 0 Å². The largest absolute Gasteiger partial charge is 0.454 e. The van der Waals surface area contributed by atoms with E-state index in [1.165, 1.54) is 5.56 Å². The van der Waals surface area contributed by atoms with Crippen molar-refractivity contribution in [2.24, 2.45) is 0 Å². The second kappa shape index (κ2) is 9.18. The van der Waals surface area contributed by atoms with Crippen LogP contribution in [0.4, 0.5) is 0 Å². The highest BCUT2D eigenvalue weighted by atomic mass is 32.2. The smallest absolute Gasteiger partial charge is 0.231 e. The topological polar surface area (TPSA) is 39.7 Å². The Balaban J connectivity index is 1.91. The molecule has 1 aromatic carbocycles. The van der Waals surface area contributed by atoms with Gasteiger partial charge in [-0.3, -0.25) is 0 Å². The highest BCUT2D eigenvalue weighted by molar-refractivity contribution is 7.99. The number of hydrogen-bond acceptors (Lipinski definition) is 5. The Bertz CT molecular complexity index is 428. The Morgan fingerprint density at radius 2 is 2.19 bits per heavy atom. The van der Waals surface area contributed by atoms with Crippen LogP contribution < -0.4 is 14.8 Å². The fraction of sp³-hybridized carbons (Fsp3) is 0.625. The van der Waals surface area contributed by atoms with E-state index in [1.54, 1.807) is 7.11 Å². The van der Waals surface area contributed by atoms with Crippen molar-refractivity contribution in [2.45, 2.75) is 25.8 Å². The molecule has 0 saturated carbocycles. The van der Waals surface area contributed by atoms with Gasteiger partial charge in [-0.15, -0.1) is 0 Å². The first-order valence-electron chi connectivity index (χ1n) is 7.54. The zero-order valence-corrected chi connectivity index (χ0v) is 13.7. The summed E-state index contributed by atoms with van der Waals surface area (Å²) in [5, 5.41) is 3.62. The number of ether oxygens (including phenoxy) is 3. The summed E-state index contributed by atoms with van der Waals surface area (Å²) < 4.78 is 15.9. The minimum Gasteiger partial charge on any atom is -0.454 e. The molecule has 1 N–H and O–H groups in total. The Labute approximate surface area is 131 Å². The summed E-state index contributed by atoms with van der Waals surface area (Å²) in [6.45, 7) is 4.38. The first-order valence-corrected chi connectivity index (χ1v) is 8.70. The molecular formula is C16H25NO3S. The van der Waals surface area contributed by atoms with Gasteiger partial charge in [0.05, 0.1) is 0 Å². The second-order valence-corrected chi connectivity index (χ2v) is 6.19. The SMILES string of the molecule is CCCNC(CSCCCOC)c1ccc2c(c1)OCO2. The molecule has 0 amide bonds. The van der Waals surface area contributed by atoms with Crippen molar-refractivity contribution < 1.29 is 14.2 Å². The highest BCUT2D eigenvalue weighted by Gasteiger charge is 2.17. The van der Waals surface area contributed by atoms with Gasteiger partial charge in [0.25, 0.3) is 0 Å². The molecule has 0 aliphatic carbocycles. The maximum Gasteiger partial charge on any atom is 0.231 e. The van der Waals surface area contributed by atoms with E-state index in [1.807, 2.05) is 17.8 Å². The highest BCUT2D eigenvalue weighted by Crippen LogP contribution is 2.34. The van der Waals surface area contributed by atoms with Crippen molar-refractivity contribution in [2.75, 3.05) is 38.6 Å². The van der Waals surface area contributed by atoms with Crippen LogP contribution in [0.1, 0.15) is 31.4 Å². The molecule has 1 heterocycles. The summed E-state index contributed by atoms with van der Waals surface area (Å²) in [5.74, 6) is 3.90. The zero-order chi connectivity index (χ0) is 14.9. The van der Waals surface area contributed by atoms with Crippen molar-refractivity contribution in [3.63, 3.8) is 0 Å². The van der Waals surface area contributed by atoms with Crippen molar-refractivity contribution >= 4 is 11.8 Å². The van der Waals surface area contributed by atoms with Gasteiger partial charge in [-0.1, -0.05) is 13.0 Å². The van der Waals surface area contributed by atoms with Crippen molar-refractivity contribution in [1.82, 2.24) is 5.32 Å². The number of fused-ring (bicyclic) bond motifs is 1. The average molecular weight is 311 g/mol. The molecule has 1 aliphatic rings. The van der Waals surface area contributed by atoms with Gasteiger partial charge in [-0.25, -0.2) is 0 Å². The molecule has 0 bridgehead atoms. The maximum absolute atomic E-state index is 5.48. The predicted octanol–water partition coefficient (Wildman–Crippen LogP) is 3.23. The molecule has 0 fully saturated rings. The molecule has 5 heteroatoms. The number of nitrogens with one attached hydrogen (secondary N) is 1. The van der Waals surface area contributed by atoms with Crippen molar-refractivity contribution in [3.05, 3.63) is 23.8 Å². The number of hydrogen-bond donors (Lipinski definition) is 1. The fourth-order valence-corrected chi connectivity index (χ4v) is 3.26. The maximum atomic E-state index is 5.48. The molecule has 0 saturated heterocycles. The molecule has 0 spiro atoms. The van der Waals surface area contributed by atoms with Gasteiger partial charge in [0.1, 0.15) is 0 Å². The number of methoxy groups -OCH3 is 1. The quantitative estimate of drug-likeness (QED) is 0.672. The third kappa shape index (κ3) is 5.09. The van der Waals surface area contributed by atoms with E-state index in [2.05, 4.69) is 24.4 Å². The zero-order valence-electron chi connectivity index (χ0n) is 12.9. The van der Waals surface area contributed by atoms with Crippen LogP contribution in [-0.4, -0.2) is 38.6 Å². The third-order valence-corrected chi connectivity index (χ3v) is 4.51. The van der Waals surface area contributed by atoms with Crippen LogP contribution in [0.5, 0.6) is 11.5 Å². The summed E-state index contributed by atoms with van der Waals surface area (Å²) in [6, 6.07) is 6.60. The van der Waals surface area contributed by atoms with Gasteiger partial charge >= 0.3 is 0 Å². The van der Waals surface area contributed by atoms with Gasteiger partial charge in [-0.2, -0.15) is 11.8 Å². The van der Waals surface area contributed by atoms with Crippen LogP contribution in [-0.2, 0) is 4.74 Å². The fourth-order valence-electron chi connectivity index (χ4n) is 2.23. The molecule has 21 heavy (non-hydrogen) atoms. The van der Waals surface area contributed by atoms with Crippen molar-refractivity contribution in [1.29, 1.82) is 0 Å². The predicted molar refractivity (Wildman–Crippen MR) is 87.4 cm³/mol. The monoisotopic (exact) mass is 311 g/mol. The van der Waals surface area contributed by atoms with Gasteiger partial charge in [0.2, 0.25) is 6.79 Å². The van der Waals surface area contributed by atoms with E-state index in [0.717, 1.165) is 49.0 Å². The molecule has 1 aromatic rings. The van der Waals surface area contributed by atoms with Crippen molar-refractivity contribution in [3.8, 4) is 11.5 Å². The molecule has 1 aliphatic heterocycles. The Morgan fingerprint density at radius 1 is 1.33 bits per heavy atom. The number of thioether (sulfide) groups is 1. The third-order valence-electron chi connectivity index (χ3n) is 3.36. The Hall–Kier alpha value is -0.910. The first-order chi connectivity index (χ1) is 10.3. The minimum absolute atomic E-state index is 0.331. The van der Waals surface area contributed by atoms with E-state index < -0.39 is 0 Å². The number of benzene rings is 1. The standard InChI is InChI=1S/C16H25NO3S/c1-3-7-17-14(11-21-9-4-8-18-2)13-5-6-15-16(10-13)20-12-19-15/h5-6,10,14,17H,3-4,7-9,11-12H2,1-2H3. The minimum atomic E-state index is 0.331. The summed E-state index contributed by atoms with van der Waals surface area (Å²) >= 11 is 1.97. The van der Waals surface area contributed by atoms with Crippen LogP contribution in [0.2, 0.25) is 0 Å². The first kappa shape index (κ1) is 16.5. The summed E-state index contributed by atoms with van der Waals surface area (Å²) in [4.78, 5) is 0. The lowest BCUT2D eigenvalue weighted by Crippen LogP contribution is -2.24. The second-order valence-electron chi connectivity index (χ2n) is 5.04.